The van der Waals surface area contributed by atoms with Crippen molar-refractivity contribution in [2.75, 3.05) is 0 Å². The first kappa shape index (κ1) is 13.9. The van der Waals surface area contributed by atoms with Crippen LogP contribution in [0.25, 0.3) is 0 Å². The molecule has 0 saturated carbocycles. The molecule has 18 heavy (non-hydrogen) atoms. The van der Waals surface area contributed by atoms with Crippen LogP contribution in [0.1, 0.15) is 11.1 Å². The third-order valence-corrected chi connectivity index (χ3v) is 4.47. The maximum absolute atomic E-state index is 5.87. The Kier molecular flexibility index (Phi) is 5.13. The fraction of sp³-hybridized carbons (Fsp3) is 0.143. The van der Waals surface area contributed by atoms with E-state index in [1.54, 1.807) is 11.8 Å². The quantitative estimate of drug-likeness (QED) is 0.803. The minimum absolute atomic E-state index is 0.566. The van der Waals surface area contributed by atoms with Gasteiger partial charge in [0.2, 0.25) is 0 Å². The molecule has 2 aromatic rings. The van der Waals surface area contributed by atoms with Crippen molar-refractivity contribution >= 4 is 39.3 Å². The molecule has 0 unspecified atom stereocenters. The third kappa shape index (κ3) is 3.75. The molecule has 2 N–H and O–H groups in total. The molecule has 4 heteroatoms. The first-order valence-electron chi connectivity index (χ1n) is 5.55. The fourth-order valence-electron chi connectivity index (χ4n) is 1.57. The first-order valence-corrected chi connectivity index (χ1v) is 7.70. The summed E-state index contributed by atoms with van der Waals surface area (Å²) in [5.74, 6) is 0.917. The van der Waals surface area contributed by atoms with Gasteiger partial charge in [-0.05, 0) is 35.4 Å². The molecule has 0 aliphatic heterocycles. The third-order valence-electron chi connectivity index (χ3n) is 2.56. The first-order chi connectivity index (χ1) is 8.69. The van der Waals surface area contributed by atoms with Crippen LogP contribution in [0.2, 0.25) is 5.02 Å². The average Bonchev–Trinajstić information content (AvgIpc) is 2.38. The summed E-state index contributed by atoms with van der Waals surface area (Å²) >= 11 is 11.1. The maximum Gasteiger partial charge on any atom is 0.0406 e. The van der Waals surface area contributed by atoms with E-state index in [4.69, 9.17) is 17.3 Å². The molecule has 1 nitrogen and oxygen atoms in total. The summed E-state index contributed by atoms with van der Waals surface area (Å²) in [5.41, 5.74) is 8.18. The zero-order valence-corrected chi connectivity index (χ0v) is 12.9. The highest BCUT2D eigenvalue weighted by molar-refractivity contribution is 9.10. The number of nitrogens with two attached hydrogens (primary N) is 1. The van der Waals surface area contributed by atoms with Crippen LogP contribution in [-0.2, 0) is 12.3 Å². The fourth-order valence-corrected chi connectivity index (χ4v) is 3.27. The number of rotatable bonds is 4. The predicted molar refractivity (Wildman–Crippen MR) is 83.0 cm³/mol. The van der Waals surface area contributed by atoms with Crippen molar-refractivity contribution in [3.8, 4) is 0 Å². The molecule has 0 aliphatic rings. The van der Waals surface area contributed by atoms with E-state index in [-0.39, 0.29) is 0 Å². The lowest BCUT2D eigenvalue weighted by molar-refractivity contribution is 1.02. The summed E-state index contributed by atoms with van der Waals surface area (Å²) in [6, 6.07) is 14.1. The van der Waals surface area contributed by atoms with Gasteiger partial charge in [-0.25, -0.2) is 0 Å². The lowest BCUT2D eigenvalue weighted by atomic mass is 10.2. The predicted octanol–water partition coefficient (Wildman–Crippen LogP) is 4.85. The van der Waals surface area contributed by atoms with Gasteiger partial charge in [0.1, 0.15) is 0 Å². The molecule has 0 spiro atoms. The Morgan fingerprint density at radius 3 is 2.50 bits per heavy atom. The van der Waals surface area contributed by atoms with E-state index in [1.165, 1.54) is 16.0 Å². The average molecular weight is 343 g/mol. The second-order valence-electron chi connectivity index (χ2n) is 3.87. The van der Waals surface area contributed by atoms with Crippen LogP contribution >= 0.6 is 39.3 Å². The van der Waals surface area contributed by atoms with Crippen molar-refractivity contribution in [1.29, 1.82) is 0 Å². The monoisotopic (exact) mass is 341 g/mol. The van der Waals surface area contributed by atoms with Crippen molar-refractivity contribution < 1.29 is 0 Å². The Morgan fingerprint density at radius 2 is 1.83 bits per heavy atom. The van der Waals surface area contributed by atoms with Crippen LogP contribution in [0.4, 0.5) is 0 Å². The molecular weight excluding hydrogens is 330 g/mol. The Morgan fingerprint density at radius 1 is 1.11 bits per heavy atom. The molecule has 0 radical (unpaired) electrons. The smallest absolute Gasteiger partial charge is 0.0406 e. The summed E-state index contributed by atoms with van der Waals surface area (Å²) < 4.78 is 1.08. The highest BCUT2D eigenvalue weighted by atomic mass is 79.9. The van der Waals surface area contributed by atoms with E-state index in [0.717, 1.165) is 15.2 Å². The normalized spacial score (nSPS) is 10.6. The SMILES string of the molecule is NCc1ccc(Br)cc1SCc1ccc(Cl)cc1. The maximum atomic E-state index is 5.87. The molecule has 0 aromatic heterocycles. The molecule has 2 rings (SSSR count). The highest BCUT2D eigenvalue weighted by Crippen LogP contribution is 2.29. The van der Waals surface area contributed by atoms with Gasteiger partial charge in [0, 0.05) is 26.7 Å². The zero-order valence-electron chi connectivity index (χ0n) is 9.70. The summed E-state index contributed by atoms with van der Waals surface area (Å²) in [6.07, 6.45) is 0. The molecule has 2 aromatic carbocycles. The van der Waals surface area contributed by atoms with E-state index in [1.807, 2.05) is 18.2 Å². The van der Waals surface area contributed by atoms with Gasteiger partial charge >= 0.3 is 0 Å². The largest absolute Gasteiger partial charge is 0.326 e. The Balaban J connectivity index is 2.09. The zero-order chi connectivity index (χ0) is 13.0. The molecule has 94 valence electrons. The lowest BCUT2D eigenvalue weighted by Crippen LogP contribution is -1.98. The Bertz CT molecular complexity index is 528. The van der Waals surface area contributed by atoms with Crippen LogP contribution in [0.3, 0.4) is 0 Å². The van der Waals surface area contributed by atoms with Crippen molar-refractivity contribution in [2.24, 2.45) is 5.73 Å². The topological polar surface area (TPSA) is 26.0 Å². The number of hydrogen-bond donors (Lipinski definition) is 1. The van der Waals surface area contributed by atoms with Gasteiger partial charge in [-0.1, -0.05) is 45.7 Å². The van der Waals surface area contributed by atoms with Gasteiger partial charge in [-0.2, -0.15) is 0 Å². The number of benzene rings is 2. The van der Waals surface area contributed by atoms with Gasteiger partial charge in [0.15, 0.2) is 0 Å². The van der Waals surface area contributed by atoms with Crippen LogP contribution in [0, 0.1) is 0 Å². The van der Waals surface area contributed by atoms with Gasteiger partial charge in [0.25, 0.3) is 0 Å². The van der Waals surface area contributed by atoms with E-state index < -0.39 is 0 Å². The minimum atomic E-state index is 0.566. The van der Waals surface area contributed by atoms with E-state index >= 15 is 0 Å². The second kappa shape index (κ2) is 6.62. The molecule has 0 aliphatic carbocycles. The summed E-state index contributed by atoms with van der Waals surface area (Å²) in [6.45, 7) is 0.566. The summed E-state index contributed by atoms with van der Waals surface area (Å²) in [5, 5.41) is 0.772. The van der Waals surface area contributed by atoms with Crippen LogP contribution in [-0.4, -0.2) is 0 Å². The van der Waals surface area contributed by atoms with Gasteiger partial charge in [-0.3, -0.25) is 0 Å². The van der Waals surface area contributed by atoms with E-state index in [9.17, 15) is 0 Å². The lowest BCUT2D eigenvalue weighted by Gasteiger charge is -2.08. The molecular formula is C14H13BrClNS. The van der Waals surface area contributed by atoms with Crippen molar-refractivity contribution in [3.63, 3.8) is 0 Å². The number of thioether (sulfide) groups is 1. The molecule has 0 heterocycles. The van der Waals surface area contributed by atoms with Gasteiger partial charge in [-0.15, -0.1) is 11.8 Å². The standard InChI is InChI=1S/C14H13BrClNS/c15-12-4-3-11(8-17)14(7-12)18-9-10-1-5-13(16)6-2-10/h1-7H,8-9,17H2. The minimum Gasteiger partial charge on any atom is -0.326 e. The Hall–Kier alpha value is -0.480. The van der Waals surface area contributed by atoms with Crippen molar-refractivity contribution in [2.45, 2.75) is 17.2 Å². The Labute approximate surface area is 125 Å². The summed E-state index contributed by atoms with van der Waals surface area (Å²) in [7, 11) is 0. The van der Waals surface area contributed by atoms with Crippen LogP contribution < -0.4 is 5.73 Å². The van der Waals surface area contributed by atoms with Crippen LogP contribution in [0.15, 0.2) is 51.8 Å². The van der Waals surface area contributed by atoms with Gasteiger partial charge < -0.3 is 5.73 Å². The van der Waals surface area contributed by atoms with Crippen molar-refractivity contribution in [3.05, 3.63) is 63.1 Å². The number of halogens is 2. The number of hydrogen-bond acceptors (Lipinski definition) is 2. The molecule has 0 amide bonds. The van der Waals surface area contributed by atoms with Crippen LogP contribution in [0.5, 0.6) is 0 Å². The molecule has 0 saturated heterocycles. The van der Waals surface area contributed by atoms with Crippen molar-refractivity contribution in [1.82, 2.24) is 0 Å². The molecule has 0 atom stereocenters. The molecule has 0 bridgehead atoms. The molecule has 0 fully saturated rings. The second-order valence-corrected chi connectivity index (χ2v) is 6.24. The van der Waals surface area contributed by atoms with E-state index in [0.29, 0.717) is 6.54 Å². The van der Waals surface area contributed by atoms with E-state index in [2.05, 4.69) is 40.2 Å². The van der Waals surface area contributed by atoms with Gasteiger partial charge in [0.05, 0.1) is 0 Å². The highest BCUT2D eigenvalue weighted by Gasteiger charge is 2.03. The summed E-state index contributed by atoms with van der Waals surface area (Å²) in [4.78, 5) is 1.22.